The van der Waals surface area contributed by atoms with E-state index in [9.17, 15) is 9.59 Å². The van der Waals surface area contributed by atoms with E-state index in [1.54, 1.807) is 16.8 Å². The summed E-state index contributed by atoms with van der Waals surface area (Å²) in [6.07, 6.45) is 1.94. The molecule has 2 amide bonds. The molecule has 3 N–H and O–H groups in total. The largest absolute Gasteiger partial charge is 0.314 e. The predicted octanol–water partition coefficient (Wildman–Crippen LogP) is 0.621. The molecule has 2 aliphatic heterocycles. The summed E-state index contributed by atoms with van der Waals surface area (Å²) in [5, 5.41) is 20.7. The van der Waals surface area contributed by atoms with Gasteiger partial charge in [0.1, 0.15) is 0 Å². The number of carbonyl (C=O) groups excluding carboxylic acids is 2. The second kappa shape index (κ2) is 10.6. The van der Waals surface area contributed by atoms with Crippen molar-refractivity contribution in [1.82, 2.24) is 40.7 Å². The minimum Gasteiger partial charge on any atom is -0.314 e. The number of amides is 2. The molecular formula is C25H32N8O2. The van der Waals surface area contributed by atoms with E-state index in [-0.39, 0.29) is 11.8 Å². The predicted molar refractivity (Wildman–Crippen MR) is 134 cm³/mol. The van der Waals surface area contributed by atoms with Gasteiger partial charge in [0, 0.05) is 87.3 Å². The van der Waals surface area contributed by atoms with Gasteiger partial charge in [0.25, 0.3) is 11.8 Å². The monoisotopic (exact) mass is 476 g/mol. The number of carbonyl (C=O) groups is 2. The first kappa shape index (κ1) is 23.6. The molecule has 35 heavy (non-hydrogen) atoms. The average Bonchev–Trinajstić information content (AvgIpc) is 3.32. The second-order valence-corrected chi connectivity index (χ2v) is 8.90. The van der Waals surface area contributed by atoms with Crippen LogP contribution < -0.4 is 16.0 Å². The van der Waals surface area contributed by atoms with Crippen LogP contribution in [0, 0.1) is 0 Å². The molecule has 3 heterocycles. The van der Waals surface area contributed by atoms with Crippen molar-refractivity contribution >= 4 is 22.6 Å². The molecule has 0 atom stereocenters. The SMILES string of the molecule is CCN1C(=O)c2cccc3c(-n4cc(CN5CCNCCNCCNCC5)nn4)ccc(c23)C1=O. The Labute approximate surface area is 204 Å². The van der Waals surface area contributed by atoms with Crippen LogP contribution >= 0.6 is 0 Å². The highest BCUT2D eigenvalue weighted by Gasteiger charge is 2.32. The van der Waals surface area contributed by atoms with Crippen molar-refractivity contribution in [3.05, 3.63) is 53.3 Å². The lowest BCUT2D eigenvalue weighted by Gasteiger charge is -2.26. The maximum Gasteiger partial charge on any atom is 0.261 e. The molecule has 2 aromatic carbocycles. The van der Waals surface area contributed by atoms with Crippen LogP contribution in [-0.4, -0.2) is 95.5 Å². The molecule has 0 unspecified atom stereocenters. The summed E-state index contributed by atoms with van der Waals surface area (Å²) in [5.41, 5.74) is 2.79. The Morgan fingerprint density at radius 1 is 0.857 bits per heavy atom. The number of imide groups is 1. The van der Waals surface area contributed by atoms with Crippen molar-refractivity contribution in [3.63, 3.8) is 0 Å². The standard InChI is InChI=1S/C25H32N8O2/c1-2-32-24(34)20-5-3-4-19-22(7-6-21(23(19)20)25(32)35)33-17-18(29-30-33)16-31-14-12-27-10-8-26-9-11-28-13-15-31/h3-7,17,26-28H,2,8-16H2,1H3. The molecule has 2 aliphatic rings. The minimum atomic E-state index is -0.250. The number of benzene rings is 2. The van der Waals surface area contributed by atoms with Crippen molar-refractivity contribution in [2.45, 2.75) is 13.5 Å². The summed E-state index contributed by atoms with van der Waals surface area (Å²) in [6.45, 7) is 10.4. The van der Waals surface area contributed by atoms with Crippen molar-refractivity contribution in [2.75, 3.05) is 58.9 Å². The molecule has 184 valence electrons. The van der Waals surface area contributed by atoms with E-state index in [0.717, 1.165) is 69.1 Å². The number of hydrogen-bond acceptors (Lipinski definition) is 8. The Hall–Kier alpha value is -3.18. The maximum absolute atomic E-state index is 12.9. The number of nitrogens with one attached hydrogen (secondary N) is 3. The van der Waals surface area contributed by atoms with Crippen molar-refractivity contribution in [3.8, 4) is 5.69 Å². The van der Waals surface area contributed by atoms with Crippen molar-refractivity contribution < 1.29 is 9.59 Å². The molecule has 5 rings (SSSR count). The minimum absolute atomic E-state index is 0.250. The first-order valence-electron chi connectivity index (χ1n) is 12.4. The molecule has 0 saturated carbocycles. The van der Waals surface area contributed by atoms with Gasteiger partial charge in [-0.2, -0.15) is 0 Å². The fourth-order valence-electron chi connectivity index (χ4n) is 4.81. The normalized spacial score (nSPS) is 18.5. The Morgan fingerprint density at radius 3 is 2.20 bits per heavy atom. The number of aromatic nitrogens is 3. The van der Waals surface area contributed by atoms with Crippen molar-refractivity contribution in [1.29, 1.82) is 0 Å². The second-order valence-electron chi connectivity index (χ2n) is 8.90. The van der Waals surface area contributed by atoms with Crippen LogP contribution in [0.15, 0.2) is 36.5 Å². The van der Waals surface area contributed by atoms with E-state index in [0.29, 0.717) is 29.6 Å². The van der Waals surface area contributed by atoms with Gasteiger partial charge in [0.05, 0.1) is 17.6 Å². The van der Waals surface area contributed by atoms with Crippen LogP contribution in [0.2, 0.25) is 0 Å². The van der Waals surface area contributed by atoms with Gasteiger partial charge in [-0.3, -0.25) is 19.4 Å². The highest BCUT2D eigenvalue weighted by Crippen LogP contribution is 2.33. The Morgan fingerprint density at radius 2 is 1.51 bits per heavy atom. The summed E-state index contributed by atoms with van der Waals surface area (Å²) in [7, 11) is 0. The van der Waals surface area contributed by atoms with E-state index in [4.69, 9.17) is 0 Å². The third kappa shape index (κ3) is 4.83. The molecule has 0 aliphatic carbocycles. The summed E-state index contributed by atoms with van der Waals surface area (Å²) in [5.74, 6) is -0.499. The molecular weight excluding hydrogens is 444 g/mol. The molecule has 1 saturated heterocycles. The average molecular weight is 477 g/mol. The third-order valence-corrected chi connectivity index (χ3v) is 6.62. The lowest BCUT2D eigenvalue weighted by atomic mass is 9.93. The smallest absolute Gasteiger partial charge is 0.261 e. The first-order valence-corrected chi connectivity index (χ1v) is 12.4. The van der Waals surface area contributed by atoms with Crippen LogP contribution in [0.1, 0.15) is 33.3 Å². The highest BCUT2D eigenvalue weighted by atomic mass is 16.2. The van der Waals surface area contributed by atoms with E-state index in [2.05, 4.69) is 31.2 Å². The molecule has 10 heteroatoms. The molecule has 1 fully saturated rings. The van der Waals surface area contributed by atoms with Crippen LogP contribution in [-0.2, 0) is 6.54 Å². The lowest BCUT2D eigenvalue weighted by molar-refractivity contribution is 0.0619. The van der Waals surface area contributed by atoms with Gasteiger partial charge >= 0.3 is 0 Å². The van der Waals surface area contributed by atoms with E-state index >= 15 is 0 Å². The van der Waals surface area contributed by atoms with E-state index in [1.165, 1.54) is 4.90 Å². The zero-order valence-corrected chi connectivity index (χ0v) is 20.1. The third-order valence-electron chi connectivity index (χ3n) is 6.62. The zero-order chi connectivity index (χ0) is 24.2. The van der Waals surface area contributed by atoms with Gasteiger partial charge in [-0.25, -0.2) is 4.68 Å². The summed E-state index contributed by atoms with van der Waals surface area (Å²) in [6, 6.07) is 9.26. The van der Waals surface area contributed by atoms with Gasteiger partial charge in [0.15, 0.2) is 0 Å². The van der Waals surface area contributed by atoms with E-state index < -0.39 is 0 Å². The molecule has 0 radical (unpaired) electrons. The number of rotatable bonds is 4. The van der Waals surface area contributed by atoms with Gasteiger partial charge in [-0.1, -0.05) is 17.3 Å². The van der Waals surface area contributed by atoms with Crippen LogP contribution in [0.4, 0.5) is 0 Å². The Kier molecular flexibility index (Phi) is 7.14. The number of hydrogen-bond donors (Lipinski definition) is 3. The highest BCUT2D eigenvalue weighted by molar-refractivity contribution is 6.26. The summed E-state index contributed by atoms with van der Waals surface area (Å²) < 4.78 is 1.75. The van der Waals surface area contributed by atoms with E-state index in [1.807, 2.05) is 31.3 Å². The zero-order valence-electron chi connectivity index (χ0n) is 20.1. The Balaban J connectivity index is 1.39. The summed E-state index contributed by atoms with van der Waals surface area (Å²) >= 11 is 0. The maximum atomic E-state index is 12.9. The van der Waals surface area contributed by atoms with Gasteiger partial charge in [0.2, 0.25) is 0 Å². The van der Waals surface area contributed by atoms with Crippen LogP contribution in [0.3, 0.4) is 0 Å². The number of nitrogens with zero attached hydrogens (tertiary/aromatic N) is 5. The molecule has 0 spiro atoms. The summed E-state index contributed by atoms with van der Waals surface area (Å²) in [4.78, 5) is 29.5. The molecule has 10 nitrogen and oxygen atoms in total. The van der Waals surface area contributed by atoms with Crippen LogP contribution in [0.5, 0.6) is 0 Å². The molecule has 0 bridgehead atoms. The quantitative estimate of drug-likeness (QED) is 0.471. The van der Waals surface area contributed by atoms with Gasteiger partial charge in [-0.05, 0) is 25.1 Å². The first-order chi connectivity index (χ1) is 17.2. The van der Waals surface area contributed by atoms with Crippen LogP contribution in [0.25, 0.3) is 16.5 Å². The van der Waals surface area contributed by atoms with Gasteiger partial charge in [-0.15, -0.1) is 5.10 Å². The fourth-order valence-corrected chi connectivity index (χ4v) is 4.81. The van der Waals surface area contributed by atoms with Gasteiger partial charge < -0.3 is 16.0 Å². The Bertz CT molecular complexity index is 1190. The fraction of sp³-hybridized carbons (Fsp3) is 0.440. The topological polar surface area (TPSA) is 107 Å². The molecule has 3 aromatic rings. The lowest BCUT2D eigenvalue weighted by Crippen LogP contribution is -2.41. The molecule has 1 aromatic heterocycles. The van der Waals surface area contributed by atoms with Crippen molar-refractivity contribution in [2.24, 2.45) is 0 Å².